The van der Waals surface area contributed by atoms with E-state index in [1.165, 1.54) is 12.1 Å². The van der Waals surface area contributed by atoms with Gasteiger partial charge in [0.15, 0.2) is 11.5 Å². The van der Waals surface area contributed by atoms with E-state index in [-0.39, 0.29) is 0 Å². The number of phenols is 1. The monoisotopic (exact) mass is 208 g/mol. The summed E-state index contributed by atoms with van der Waals surface area (Å²) in [7, 11) is 0. The minimum absolute atomic E-state index is 0.533. The quantitative estimate of drug-likeness (QED) is 0.768. The number of phenolic OH excluding ortho intramolecular Hbond substituents is 1. The van der Waals surface area contributed by atoms with E-state index < -0.39 is 17.9 Å². The number of benzene rings is 1. The zero-order valence-corrected chi connectivity index (χ0v) is 6.91. The van der Waals surface area contributed by atoms with Crippen LogP contribution in [0.2, 0.25) is 0 Å². The number of hydrogen-bond donors (Lipinski definition) is 1. The van der Waals surface area contributed by atoms with Crippen molar-refractivity contribution in [2.24, 2.45) is 0 Å². The molecule has 0 radical (unpaired) electrons. The zero-order valence-electron chi connectivity index (χ0n) is 6.91. The Morgan fingerprint density at radius 1 is 1.21 bits per heavy atom. The Hall–Kier alpha value is -1.72. The van der Waals surface area contributed by atoms with Crippen LogP contribution in [0, 0.1) is 0 Å². The molecule has 0 amide bonds. The van der Waals surface area contributed by atoms with Crippen molar-refractivity contribution in [3.05, 3.63) is 24.3 Å². The number of aromatic hydroxyl groups is 1. The van der Waals surface area contributed by atoms with Gasteiger partial charge in [0, 0.05) is 0 Å². The van der Waals surface area contributed by atoms with E-state index in [1.54, 1.807) is 0 Å². The van der Waals surface area contributed by atoms with Gasteiger partial charge < -0.3 is 14.6 Å². The average Bonchev–Trinajstić information content (AvgIpc) is 2.10. The Kier molecular flexibility index (Phi) is 4.48. The summed E-state index contributed by atoms with van der Waals surface area (Å²) in [4.78, 5) is 8.00. The third-order valence-electron chi connectivity index (χ3n) is 1.09. The zero-order chi connectivity index (χ0) is 11.2. The molecule has 0 bridgehead atoms. The molecule has 0 aliphatic carbocycles. The van der Waals surface area contributed by atoms with Crippen molar-refractivity contribution < 1.29 is 27.8 Å². The van der Waals surface area contributed by atoms with E-state index in [9.17, 15) is 13.2 Å². The van der Waals surface area contributed by atoms with Gasteiger partial charge in [0.2, 0.25) is 0 Å². The first-order valence-corrected chi connectivity index (χ1v) is 3.31. The van der Waals surface area contributed by atoms with Crippen LogP contribution < -0.4 is 4.74 Å². The molecule has 1 aromatic carbocycles. The summed E-state index contributed by atoms with van der Waals surface area (Å²) in [5, 5.41) is 8.85. The number of para-hydroxylation sites is 2. The van der Waals surface area contributed by atoms with E-state index in [0.29, 0.717) is 0 Å². The molecule has 0 spiro atoms. The Morgan fingerprint density at radius 3 is 2.14 bits per heavy atom. The smallest absolute Gasteiger partial charge is 0.504 e. The highest BCUT2D eigenvalue weighted by Gasteiger charge is 2.31. The van der Waals surface area contributed by atoms with Gasteiger partial charge in [-0.05, 0) is 12.1 Å². The molecule has 0 fully saturated rings. The molecule has 0 aliphatic rings. The predicted molar refractivity (Wildman–Crippen MR) is 41.9 cm³/mol. The third-order valence-corrected chi connectivity index (χ3v) is 1.09. The van der Waals surface area contributed by atoms with Crippen molar-refractivity contribution in [2.45, 2.75) is 6.36 Å². The van der Waals surface area contributed by atoms with Crippen LogP contribution in [-0.2, 0) is 4.79 Å². The minimum Gasteiger partial charge on any atom is -0.504 e. The van der Waals surface area contributed by atoms with Crippen molar-refractivity contribution in [3.8, 4) is 11.5 Å². The van der Waals surface area contributed by atoms with Crippen molar-refractivity contribution in [1.29, 1.82) is 0 Å². The SMILES string of the molecule is C=O.Oc1ccccc1OC(F)(F)F. The molecule has 14 heavy (non-hydrogen) atoms. The lowest BCUT2D eigenvalue weighted by Crippen LogP contribution is -2.17. The summed E-state index contributed by atoms with van der Waals surface area (Å²) < 4.78 is 38.2. The van der Waals surface area contributed by atoms with Gasteiger partial charge in [-0.1, -0.05) is 12.1 Å². The van der Waals surface area contributed by atoms with Crippen LogP contribution in [0.5, 0.6) is 11.5 Å². The third kappa shape index (κ3) is 4.34. The van der Waals surface area contributed by atoms with Crippen molar-refractivity contribution in [3.63, 3.8) is 0 Å². The minimum atomic E-state index is -4.77. The van der Waals surface area contributed by atoms with E-state index in [2.05, 4.69) is 4.74 Å². The van der Waals surface area contributed by atoms with Crippen LogP contribution >= 0.6 is 0 Å². The Labute approximate surface area is 77.7 Å². The summed E-state index contributed by atoms with van der Waals surface area (Å²) in [6.45, 7) is 2.00. The molecule has 1 aromatic rings. The largest absolute Gasteiger partial charge is 0.573 e. The molecule has 1 N–H and O–H groups in total. The van der Waals surface area contributed by atoms with Crippen LogP contribution in [0.1, 0.15) is 0 Å². The van der Waals surface area contributed by atoms with Crippen LogP contribution in [0.3, 0.4) is 0 Å². The number of alkyl halides is 3. The highest BCUT2D eigenvalue weighted by atomic mass is 19.4. The first-order valence-electron chi connectivity index (χ1n) is 3.31. The van der Waals surface area contributed by atoms with Gasteiger partial charge in [0.1, 0.15) is 6.79 Å². The van der Waals surface area contributed by atoms with Crippen molar-refractivity contribution >= 4 is 6.79 Å². The maximum absolute atomic E-state index is 11.6. The summed E-state index contributed by atoms with van der Waals surface area (Å²) in [6, 6.07) is 4.88. The van der Waals surface area contributed by atoms with Gasteiger partial charge in [-0.3, -0.25) is 0 Å². The summed E-state index contributed by atoms with van der Waals surface area (Å²) >= 11 is 0. The fourth-order valence-electron chi connectivity index (χ4n) is 0.668. The van der Waals surface area contributed by atoms with Gasteiger partial charge in [-0.25, -0.2) is 0 Å². The molecule has 78 valence electrons. The molecular weight excluding hydrogens is 201 g/mol. The van der Waals surface area contributed by atoms with Crippen LogP contribution in [-0.4, -0.2) is 18.3 Å². The summed E-state index contributed by atoms with van der Waals surface area (Å²) in [5.74, 6) is -1.13. The second-order valence-corrected chi connectivity index (χ2v) is 2.02. The first-order chi connectivity index (χ1) is 6.49. The highest BCUT2D eigenvalue weighted by molar-refractivity contribution is 5.37. The molecule has 0 aliphatic heterocycles. The number of halogens is 3. The molecule has 0 aromatic heterocycles. The molecule has 3 nitrogen and oxygen atoms in total. The van der Waals surface area contributed by atoms with Gasteiger partial charge >= 0.3 is 6.36 Å². The topological polar surface area (TPSA) is 46.5 Å². The fourth-order valence-corrected chi connectivity index (χ4v) is 0.668. The first kappa shape index (κ1) is 12.3. The fraction of sp³-hybridized carbons (Fsp3) is 0.125. The molecule has 0 heterocycles. The van der Waals surface area contributed by atoms with Gasteiger partial charge in [-0.2, -0.15) is 0 Å². The number of hydrogen-bond acceptors (Lipinski definition) is 3. The molecule has 0 unspecified atom stereocenters. The van der Waals surface area contributed by atoms with E-state index in [1.807, 2.05) is 6.79 Å². The second-order valence-electron chi connectivity index (χ2n) is 2.02. The van der Waals surface area contributed by atoms with E-state index in [0.717, 1.165) is 12.1 Å². The lowest BCUT2D eigenvalue weighted by molar-refractivity contribution is -0.275. The second kappa shape index (κ2) is 5.11. The summed E-state index contributed by atoms with van der Waals surface area (Å²) in [6.07, 6.45) is -4.77. The van der Waals surface area contributed by atoms with Gasteiger partial charge in [0.25, 0.3) is 0 Å². The van der Waals surface area contributed by atoms with Crippen LogP contribution in [0.25, 0.3) is 0 Å². The van der Waals surface area contributed by atoms with Crippen molar-refractivity contribution in [1.82, 2.24) is 0 Å². The maximum atomic E-state index is 11.6. The van der Waals surface area contributed by atoms with Crippen molar-refractivity contribution in [2.75, 3.05) is 0 Å². The molecule has 0 atom stereocenters. The number of carbonyl (C=O) groups excluding carboxylic acids is 1. The molecule has 0 saturated carbocycles. The Balaban J connectivity index is 0.000000791. The van der Waals surface area contributed by atoms with E-state index in [4.69, 9.17) is 9.90 Å². The molecular formula is C8H7F3O3. The Bertz CT molecular complexity index is 285. The molecule has 6 heteroatoms. The number of ether oxygens (including phenoxy) is 1. The number of rotatable bonds is 1. The summed E-state index contributed by atoms with van der Waals surface area (Å²) in [5.41, 5.74) is 0. The maximum Gasteiger partial charge on any atom is 0.573 e. The van der Waals surface area contributed by atoms with Crippen LogP contribution in [0.4, 0.5) is 13.2 Å². The van der Waals surface area contributed by atoms with Crippen LogP contribution in [0.15, 0.2) is 24.3 Å². The lowest BCUT2D eigenvalue weighted by Gasteiger charge is -2.09. The lowest BCUT2D eigenvalue weighted by atomic mass is 10.3. The Morgan fingerprint density at radius 2 is 1.71 bits per heavy atom. The standard InChI is InChI=1S/C7H5F3O2.CH2O/c8-7(9,10)12-6-4-2-1-3-5(6)11;1-2/h1-4,11H;1H2. The van der Waals surface area contributed by atoms with Gasteiger partial charge in [0.05, 0.1) is 0 Å². The normalized spacial score (nSPS) is 9.93. The number of carbonyl (C=O) groups is 1. The van der Waals surface area contributed by atoms with E-state index >= 15 is 0 Å². The molecule has 0 saturated heterocycles. The molecule has 1 rings (SSSR count). The highest BCUT2D eigenvalue weighted by Crippen LogP contribution is 2.30. The predicted octanol–water partition coefficient (Wildman–Crippen LogP) is 2.11. The average molecular weight is 208 g/mol. The van der Waals surface area contributed by atoms with Gasteiger partial charge in [-0.15, -0.1) is 13.2 Å².